The number of hydrogen-bond acceptors (Lipinski definition) is 5. The number of hydrogen-bond donors (Lipinski definition) is 1. The summed E-state index contributed by atoms with van der Waals surface area (Å²) in [7, 11) is 4.13. The molecule has 1 saturated heterocycles. The molecule has 1 aliphatic heterocycles. The van der Waals surface area contributed by atoms with Gasteiger partial charge >= 0.3 is 6.09 Å². The van der Waals surface area contributed by atoms with Crippen LogP contribution in [0.5, 0.6) is 5.75 Å². The van der Waals surface area contributed by atoms with Crippen LogP contribution in [-0.2, 0) is 11.3 Å². The summed E-state index contributed by atoms with van der Waals surface area (Å²) >= 11 is 0. The molecule has 0 spiro atoms. The van der Waals surface area contributed by atoms with E-state index in [-0.39, 0.29) is 6.09 Å². The average molecular weight is 420 g/mol. The Bertz CT molecular complexity index is 655. The molecular formula is C22H37N5O3. The number of benzene rings is 1. The Morgan fingerprint density at radius 3 is 2.37 bits per heavy atom. The number of nitrogens with zero attached hydrogens (tertiary/aromatic N) is 4. The molecule has 1 aliphatic rings. The summed E-state index contributed by atoms with van der Waals surface area (Å²) in [4.78, 5) is 22.8. The number of rotatable bonds is 9. The molecule has 0 aromatic heterocycles. The Hall–Kier alpha value is -2.48. The highest BCUT2D eigenvalue weighted by molar-refractivity contribution is 5.80. The van der Waals surface area contributed by atoms with Gasteiger partial charge in [-0.25, -0.2) is 9.79 Å². The van der Waals surface area contributed by atoms with Gasteiger partial charge in [0.1, 0.15) is 5.75 Å². The third kappa shape index (κ3) is 8.10. The second-order valence-electron chi connectivity index (χ2n) is 7.49. The third-order valence-electron chi connectivity index (χ3n) is 4.79. The van der Waals surface area contributed by atoms with Gasteiger partial charge in [0.2, 0.25) is 0 Å². The molecule has 2 rings (SSSR count). The van der Waals surface area contributed by atoms with Gasteiger partial charge in [-0.2, -0.15) is 0 Å². The number of carbonyl (C=O) groups excluding carboxylic acids is 1. The van der Waals surface area contributed by atoms with Gasteiger partial charge in [-0.1, -0.05) is 12.1 Å². The number of amides is 1. The summed E-state index contributed by atoms with van der Waals surface area (Å²) in [5.74, 6) is 1.77. The van der Waals surface area contributed by atoms with Crippen LogP contribution in [-0.4, -0.2) is 93.3 Å². The van der Waals surface area contributed by atoms with Gasteiger partial charge in [-0.3, -0.25) is 0 Å². The van der Waals surface area contributed by atoms with Crippen LogP contribution in [0.25, 0.3) is 0 Å². The van der Waals surface area contributed by atoms with Crippen LogP contribution in [0.2, 0.25) is 0 Å². The van der Waals surface area contributed by atoms with Crippen molar-refractivity contribution in [2.75, 3.05) is 66.6 Å². The summed E-state index contributed by atoms with van der Waals surface area (Å²) in [5, 5.41) is 3.36. The van der Waals surface area contributed by atoms with Gasteiger partial charge in [0, 0.05) is 39.3 Å². The normalized spacial score (nSPS) is 14.8. The Morgan fingerprint density at radius 2 is 1.77 bits per heavy atom. The van der Waals surface area contributed by atoms with E-state index in [0.717, 1.165) is 56.5 Å². The highest BCUT2D eigenvalue weighted by Gasteiger charge is 2.23. The summed E-state index contributed by atoms with van der Waals surface area (Å²) in [6.07, 6.45) is 0.775. The molecule has 0 saturated carbocycles. The molecule has 8 nitrogen and oxygen atoms in total. The standard InChI is InChI=1S/C22H37N5O3/c1-5-23-21(26-13-15-27(16-14-26)22(28)29-6-2)24-18-19-8-10-20(11-9-19)30-17-7-12-25(3)4/h8-11H,5-7,12-18H2,1-4H3,(H,23,24). The van der Waals surface area contributed by atoms with E-state index in [9.17, 15) is 4.79 Å². The van der Waals surface area contributed by atoms with Crippen molar-refractivity contribution in [2.24, 2.45) is 4.99 Å². The van der Waals surface area contributed by atoms with Crippen LogP contribution < -0.4 is 10.1 Å². The molecule has 1 heterocycles. The Morgan fingerprint density at radius 1 is 1.10 bits per heavy atom. The van der Waals surface area contributed by atoms with Crippen molar-refractivity contribution in [1.82, 2.24) is 20.0 Å². The minimum Gasteiger partial charge on any atom is -0.494 e. The number of ether oxygens (including phenoxy) is 2. The maximum absolute atomic E-state index is 11.9. The highest BCUT2D eigenvalue weighted by atomic mass is 16.6. The van der Waals surface area contributed by atoms with E-state index < -0.39 is 0 Å². The number of aliphatic imine (C=N–C) groups is 1. The molecule has 1 N–H and O–H groups in total. The second kappa shape index (κ2) is 13.0. The van der Waals surface area contributed by atoms with E-state index in [0.29, 0.717) is 26.2 Å². The predicted octanol–water partition coefficient (Wildman–Crippen LogP) is 2.26. The molecule has 0 bridgehead atoms. The van der Waals surface area contributed by atoms with Gasteiger partial charge in [0.25, 0.3) is 0 Å². The molecule has 0 radical (unpaired) electrons. The number of guanidine groups is 1. The molecule has 0 atom stereocenters. The quantitative estimate of drug-likeness (QED) is 0.376. The zero-order valence-corrected chi connectivity index (χ0v) is 18.9. The van der Waals surface area contributed by atoms with Crippen LogP contribution in [0.4, 0.5) is 4.79 Å². The first-order chi connectivity index (χ1) is 14.5. The topological polar surface area (TPSA) is 69.6 Å². The SMILES string of the molecule is CCNC(=NCc1ccc(OCCCN(C)C)cc1)N1CCN(C(=O)OCC)CC1. The lowest BCUT2D eigenvalue weighted by Crippen LogP contribution is -2.53. The lowest BCUT2D eigenvalue weighted by Gasteiger charge is -2.35. The minimum absolute atomic E-state index is 0.233. The van der Waals surface area contributed by atoms with Gasteiger partial charge < -0.3 is 29.5 Å². The van der Waals surface area contributed by atoms with E-state index in [4.69, 9.17) is 14.5 Å². The zero-order valence-electron chi connectivity index (χ0n) is 18.9. The summed E-state index contributed by atoms with van der Waals surface area (Å²) in [6, 6.07) is 8.14. The fourth-order valence-corrected chi connectivity index (χ4v) is 3.17. The van der Waals surface area contributed by atoms with E-state index in [1.54, 1.807) is 4.90 Å². The molecule has 168 valence electrons. The smallest absolute Gasteiger partial charge is 0.409 e. The molecule has 1 amide bonds. The van der Waals surface area contributed by atoms with Crippen LogP contribution >= 0.6 is 0 Å². The Kier molecular flexibility index (Phi) is 10.3. The van der Waals surface area contributed by atoms with Crippen molar-refractivity contribution in [3.05, 3.63) is 29.8 Å². The van der Waals surface area contributed by atoms with Gasteiger partial charge in [0.15, 0.2) is 5.96 Å². The van der Waals surface area contributed by atoms with Crippen molar-refractivity contribution < 1.29 is 14.3 Å². The predicted molar refractivity (Wildman–Crippen MR) is 120 cm³/mol. The first-order valence-corrected chi connectivity index (χ1v) is 10.8. The first-order valence-electron chi connectivity index (χ1n) is 10.8. The maximum Gasteiger partial charge on any atom is 0.409 e. The van der Waals surface area contributed by atoms with Crippen molar-refractivity contribution in [3.63, 3.8) is 0 Å². The molecule has 8 heteroatoms. The number of nitrogens with one attached hydrogen (secondary N) is 1. The largest absolute Gasteiger partial charge is 0.494 e. The third-order valence-corrected chi connectivity index (χ3v) is 4.79. The molecule has 1 aromatic carbocycles. The maximum atomic E-state index is 11.9. The lowest BCUT2D eigenvalue weighted by atomic mass is 10.2. The van der Waals surface area contributed by atoms with Crippen molar-refractivity contribution >= 4 is 12.1 Å². The summed E-state index contributed by atoms with van der Waals surface area (Å²) in [6.45, 7) is 10.2. The molecular weight excluding hydrogens is 382 g/mol. The second-order valence-corrected chi connectivity index (χ2v) is 7.49. The Balaban J connectivity index is 1.85. The van der Waals surface area contributed by atoms with E-state index in [1.807, 2.05) is 19.1 Å². The monoisotopic (exact) mass is 419 g/mol. The van der Waals surface area contributed by atoms with Crippen LogP contribution in [0.1, 0.15) is 25.8 Å². The first kappa shape index (κ1) is 23.8. The number of carbonyl (C=O) groups is 1. The van der Waals surface area contributed by atoms with E-state index in [2.05, 4.69) is 48.3 Å². The van der Waals surface area contributed by atoms with Crippen molar-refractivity contribution in [1.29, 1.82) is 0 Å². The lowest BCUT2D eigenvalue weighted by molar-refractivity contribution is 0.0914. The Labute approximate surface area is 180 Å². The molecule has 0 aliphatic carbocycles. The van der Waals surface area contributed by atoms with E-state index >= 15 is 0 Å². The van der Waals surface area contributed by atoms with Crippen LogP contribution in [0, 0.1) is 0 Å². The minimum atomic E-state index is -0.233. The van der Waals surface area contributed by atoms with Gasteiger partial charge in [-0.15, -0.1) is 0 Å². The van der Waals surface area contributed by atoms with E-state index in [1.165, 1.54) is 0 Å². The molecule has 0 unspecified atom stereocenters. The molecule has 1 fully saturated rings. The van der Waals surface area contributed by atoms with Crippen molar-refractivity contribution in [2.45, 2.75) is 26.8 Å². The fourth-order valence-electron chi connectivity index (χ4n) is 3.17. The van der Waals surface area contributed by atoms with Crippen LogP contribution in [0.3, 0.4) is 0 Å². The molecule has 30 heavy (non-hydrogen) atoms. The fraction of sp³-hybridized carbons (Fsp3) is 0.636. The van der Waals surface area contributed by atoms with Crippen molar-refractivity contribution in [3.8, 4) is 5.75 Å². The van der Waals surface area contributed by atoms with Crippen LogP contribution in [0.15, 0.2) is 29.3 Å². The number of piperazine rings is 1. The van der Waals surface area contributed by atoms with Gasteiger partial charge in [0.05, 0.1) is 19.8 Å². The highest BCUT2D eigenvalue weighted by Crippen LogP contribution is 2.13. The molecule has 1 aromatic rings. The summed E-state index contributed by atoms with van der Waals surface area (Å²) < 4.78 is 10.9. The van der Waals surface area contributed by atoms with Gasteiger partial charge in [-0.05, 0) is 52.1 Å². The average Bonchev–Trinajstić information content (AvgIpc) is 2.75. The zero-order chi connectivity index (χ0) is 21.8. The summed E-state index contributed by atoms with van der Waals surface area (Å²) in [5.41, 5.74) is 1.14.